The van der Waals surface area contributed by atoms with Crippen molar-refractivity contribution in [3.8, 4) is 0 Å². The second-order valence-corrected chi connectivity index (χ2v) is 8.16. The SMILES string of the molecule is CCC1(CO)CCN(C(=O)NC(c2ccccc2)C(C)(C)C)CC1. The maximum Gasteiger partial charge on any atom is 0.317 e. The van der Waals surface area contributed by atoms with Gasteiger partial charge in [0.25, 0.3) is 0 Å². The predicted octanol–water partition coefficient (Wildman–Crippen LogP) is 3.97. The lowest BCUT2D eigenvalue weighted by Crippen LogP contribution is -2.50. The van der Waals surface area contributed by atoms with Gasteiger partial charge < -0.3 is 15.3 Å². The van der Waals surface area contributed by atoms with Crippen LogP contribution in [0.15, 0.2) is 30.3 Å². The maximum atomic E-state index is 12.8. The van der Waals surface area contributed by atoms with Crippen LogP contribution in [-0.4, -0.2) is 35.7 Å². The first-order valence-corrected chi connectivity index (χ1v) is 9.02. The molecule has 1 unspecified atom stereocenters. The molecule has 1 heterocycles. The summed E-state index contributed by atoms with van der Waals surface area (Å²) in [5.74, 6) is 0. The van der Waals surface area contributed by atoms with Crippen LogP contribution < -0.4 is 5.32 Å². The van der Waals surface area contributed by atoms with E-state index < -0.39 is 0 Å². The van der Waals surface area contributed by atoms with Crippen LogP contribution in [0.5, 0.6) is 0 Å². The van der Waals surface area contributed by atoms with Gasteiger partial charge in [-0.15, -0.1) is 0 Å². The molecule has 24 heavy (non-hydrogen) atoms. The molecule has 1 aliphatic heterocycles. The van der Waals surface area contributed by atoms with Crippen LogP contribution in [0.3, 0.4) is 0 Å². The molecule has 1 atom stereocenters. The lowest BCUT2D eigenvalue weighted by molar-refractivity contribution is 0.0505. The first kappa shape index (κ1) is 18.8. The molecular weight excluding hydrogens is 300 g/mol. The Kier molecular flexibility index (Phi) is 5.92. The number of nitrogens with one attached hydrogen (secondary N) is 1. The number of rotatable bonds is 4. The number of hydrogen-bond acceptors (Lipinski definition) is 2. The molecule has 0 aliphatic carbocycles. The lowest BCUT2D eigenvalue weighted by atomic mass is 9.77. The average Bonchev–Trinajstić information content (AvgIpc) is 2.59. The number of urea groups is 1. The van der Waals surface area contributed by atoms with Crippen LogP contribution in [0.25, 0.3) is 0 Å². The van der Waals surface area contributed by atoms with E-state index in [0.29, 0.717) is 13.1 Å². The zero-order valence-electron chi connectivity index (χ0n) is 15.5. The molecular formula is C20H32N2O2. The van der Waals surface area contributed by atoms with Crippen LogP contribution >= 0.6 is 0 Å². The number of aliphatic hydroxyl groups is 1. The highest BCUT2D eigenvalue weighted by atomic mass is 16.3. The standard InChI is InChI=1S/C20H32N2O2/c1-5-20(15-23)11-13-22(14-12-20)18(24)21-17(19(2,3)4)16-9-7-6-8-10-16/h6-10,17,23H,5,11-15H2,1-4H3,(H,21,24). The van der Waals surface area contributed by atoms with Gasteiger partial charge in [-0.2, -0.15) is 0 Å². The van der Waals surface area contributed by atoms with Crippen molar-refractivity contribution < 1.29 is 9.90 Å². The van der Waals surface area contributed by atoms with Crippen LogP contribution in [0.1, 0.15) is 58.6 Å². The highest BCUT2D eigenvalue weighted by Crippen LogP contribution is 2.35. The van der Waals surface area contributed by atoms with Crippen molar-refractivity contribution in [1.82, 2.24) is 10.2 Å². The van der Waals surface area contributed by atoms with E-state index in [9.17, 15) is 9.90 Å². The number of nitrogens with zero attached hydrogens (tertiary/aromatic N) is 1. The van der Waals surface area contributed by atoms with E-state index in [1.165, 1.54) is 0 Å². The molecule has 1 aromatic carbocycles. The Hall–Kier alpha value is -1.55. The smallest absolute Gasteiger partial charge is 0.317 e. The van der Waals surface area contributed by atoms with Gasteiger partial charge in [0.05, 0.1) is 6.04 Å². The van der Waals surface area contributed by atoms with Gasteiger partial charge in [0, 0.05) is 19.7 Å². The third-order valence-corrected chi connectivity index (χ3v) is 5.46. The summed E-state index contributed by atoms with van der Waals surface area (Å²) in [5, 5.41) is 12.9. The third-order valence-electron chi connectivity index (χ3n) is 5.46. The number of likely N-dealkylation sites (tertiary alicyclic amines) is 1. The Morgan fingerprint density at radius 3 is 2.29 bits per heavy atom. The second kappa shape index (κ2) is 7.56. The average molecular weight is 332 g/mol. The number of carbonyl (C=O) groups excluding carboxylic acids is 1. The van der Waals surface area contributed by atoms with Gasteiger partial charge in [0.1, 0.15) is 0 Å². The second-order valence-electron chi connectivity index (χ2n) is 8.16. The molecule has 1 aliphatic rings. The van der Waals surface area contributed by atoms with Crippen molar-refractivity contribution in [2.45, 2.75) is 53.0 Å². The molecule has 4 nitrogen and oxygen atoms in total. The van der Waals surface area contributed by atoms with Crippen LogP contribution in [-0.2, 0) is 0 Å². The maximum absolute atomic E-state index is 12.8. The molecule has 0 aromatic heterocycles. The van der Waals surface area contributed by atoms with E-state index in [1.54, 1.807) is 0 Å². The topological polar surface area (TPSA) is 52.6 Å². The van der Waals surface area contributed by atoms with E-state index >= 15 is 0 Å². The number of benzene rings is 1. The lowest BCUT2D eigenvalue weighted by Gasteiger charge is -2.41. The summed E-state index contributed by atoms with van der Waals surface area (Å²) in [7, 11) is 0. The minimum absolute atomic E-state index is 0.000359. The molecule has 0 radical (unpaired) electrons. The monoisotopic (exact) mass is 332 g/mol. The van der Waals surface area contributed by atoms with Crippen molar-refractivity contribution in [3.05, 3.63) is 35.9 Å². The molecule has 134 valence electrons. The van der Waals surface area contributed by atoms with Gasteiger partial charge in [0.15, 0.2) is 0 Å². The third kappa shape index (κ3) is 4.29. The zero-order chi connectivity index (χ0) is 17.8. The van der Waals surface area contributed by atoms with E-state index in [1.807, 2.05) is 23.1 Å². The Balaban J connectivity index is 2.04. The molecule has 4 heteroatoms. The van der Waals surface area contributed by atoms with Gasteiger partial charge in [0.2, 0.25) is 0 Å². The number of carbonyl (C=O) groups is 1. The van der Waals surface area contributed by atoms with E-state index in [0.717, 1.165) is 24.8 Å². The van der Waals surface area contributed by atoms with Crippen LogP contribution in [0.4, 0.5) is 4.79 Å². The van der Waals surface area contributed by atoms with Crippen molar-refractivity contribution in [3.63, 3.8) is 0 Å². The Morgan fingerprint density at radius 1 is 1.25 bits per heavy atom. The quantitative estimate of drug-likeness (QED) is 0.876. The summed E-state index contributed by atoms with van der Waals surface area (Å²) in [4.78, 5) is 14.7. The van der Waals surface area contributed by atoms with Gasteiger partial charge >= 0.3 is 6.03 Å². The van der Waals surface area contributed by atoms with Crippen molar-refractivity contribution in [2.24, 2.45) is 10.8 Å². The molecule has 2 N–H and O–H groups in total. The minimum Gasteiger partial charge on any atom is -0.396 e. The van der Waals surface area contributed by atoms with E-state index in [-0.39, 0.29) is 29.5 Å². The first-order valence-electron chi connectivity index (χ1n) is 9.02. The summed E-state index contributed by atoms with van der Waals surface area (Å²) in [5.41, 5.74) is 1.07. The van der Waals surface area contributed by atoms with Gasteiger partial charge in [-0.25, -0.2) is 4.79 Å². The van der Waals surface area contributed by atoms with Crippen molar-refractivity contribution >= 4 is 6.03 Å². The Bertz CT molecular complexity index is 522. The van der Waals surface area contributed by atoms with Gasteiger partial charge in [-0.1, -0.05) is 58.0 Å². The normalized spacial score (nSPS) is 19.0. The number of hydrogen-bond donors (Lipinski definition) is 2. The molecule has 1 fully saturated rings. The molecule has 1 aromatic rings. The Morgan fingerprint density at radius 2 is 1.83 bits per heavy atom. The predicted molar refractivity (Wildman–Crippen MR) is 97.8 cm³/mol. The summed E-state index contributed by atoms with van der Waals surface area (Å²) < 4.78 is 0. The molecule has 2 rings (SSSR count). The summed E-state index contributed by atoms with van der Waals surface area (Å²) in [6, 6.07) is 10.1. The Labute approximate surface area is 146 Å². The minimum atomic E-state index is -0.0644. The van der Waals surface area contributed by atoms with E-state index in [2.05, 4.69) is 45.1 Å². The zero-order valence-corrected chi connectivity index (χ0v) is 15.5. The fraction of sp³-hybridized carbons (Fsp3) is 0.650. The van der Waals surface area contributed by atoms with Gasteiger partial charge in [-0.3, -0.25) is 0 Å². The number of amides is 2. The molecule has 0 spiro atoms. The van der Waals surface area contributed by atoms with Crippen molar-refractivity contribution in [1.29, 1.82) is 0 Å². The molecule has 1 saturated heterocycles. The highest BCUT2D eigenvalue weighted by Gasteiger charge is 2.35. The van der Waals surface area contributed by atoms with Crippen LogP contribution in [0.2, 0.25) is 0 Å². The van der Waals surface area contributed by atoms with Crippen LogP contribution in [0, 0.1) is 10.8 Å². The highest BCUT2D eigenvalue weighted by molar-refractivity contribution is 5.75. The molecule has 2 amide bonds. The fourth-order valence-corrected chi connectivity index (χ4v) is 3.47. The fourth-order valence-electron chi connectivity index (χ4n) is 3.47. The number of aliphatic hydroxyl groups excluding tert-OH is 1. The largest absolute Gasteiger partial charge is 0.396 e. The molecule has 0 bridgehead atoms. The summed E-state index contributed by atoms with van der Waals surface area (Å²) in [6.45, 7) is 10.2. The summed E-state index contributed by atoms with van der Waals surface area (Å²) in [6.07, 6.45) is 2.71. The van der Waals surface area contributed by atoms with Gasteiger partial charge in [-0.05, 0) is 35.7 Å². The van der Waals surface area contributed by atoms with Crippen molar-refractivity contribution in [2.75, 3.05) is 19.7 Å². The molecule has 0 saturated carbocycles. The first-order chi connectivity index (χ1) is 11.3. The summed E-state index contributed by atoms with van der Waals surface area (Å²) >= 11 is 0. The number of piperidine rings is 1. The van der Waals surface area contributed by atoms with E-state index in [4.69, 9.17) is 0 Å².